The Labute approximate surface area is 158 Å². The van der Waals surface area contributed by atoms with E-state index in [-0.39, 0.29) is 12.4 Å². The lowest BCUT2D eigenvalue weighted by Crippen LogP contribution is -2.21. The first kappa shape index (κ1) is 18.8. The molecular formula is C21H23NO5. The lowest BCUT2D eigenvalue weighted by atomic mass is 10.1. The number of esters is 1. The Hall–Kier alpha value is -3.02. The summed E-state index contributed by atoms with van der Waals surface area (Å²) in [6.07, 6.45) is 0. The molecule has 0 saturated carbocycles. The Kier molecular flexibility index (Phi) is 5.96. The summed E-state index contributed by atoms with van der Waals surface area (Å²) in [6, 6.07) is 12.1. The third-order valence-electron chi connectivity index (χ3n) is 4.43. The monoisotopic (exact) mass is 369 g/mol. The molecule has 0 radical (unpaired) electrons. The van der Waals surface area contributed by atoms with Gasteiger partial charge in [0.1, 0.15) is 13.2 Å². The molecule has 0 aliphatic carbocycles. The highest BCUT2D eigenvalue weighted by atomic mass is 16.6. The maximum absolute atomic E-state index is 12.3. The van der Waals surface area contributed by atoms with Gasteiger partial charge in [0.2, 0.25) is 0 Å². The molecule has 0 N–H and O–H groups in total. The summed E-state index contributed by atoms with van der Waals surface area (Å²) < 4.78 is 16.1. The minimum absolute atomic E-state index is 0.292. The molecule has 0 amide bonds. The molecule has 6 heteroatoms. The third-order valence-corrected chi connectivity index (χ3v) is 4.43. The molecule has 2 aromatic carbocycles. The maximum atomic E-state index is 12.3. The second-order valence-corrected chi connectivity index (χ2v) is 6.08. The van der Waals surface area contributed by atoms with E-state index in [9.17, 15) is 9.59 Å². The van der Waals surface area contributed by atoms with E-state index in [1.54, 1.807) is 30.3 Å². The van der Waals surface area contributed by atoms with Gasteiger partial charge in [-0.2, -0.15) is 0 Å². The number of carbonyl (C=O) groups is 2. The van der Waals surface area contributed by atoms with Gasteiger partial charge in [-0.15, -0.1) is 0 Å². The minimum atomic E-state index is -0.521. The van der Waals surface area contributed by atoms with Crippen LogP contribution in [0, 0.1) is 0 Å². The lowest BCUT2D eigenvalue weighted by Gasteiger charge is -2.20. The molecule has 0 saturated heterocycles. The van der Waals surface area contributed by atoms with Crippen molar-refractivity contribution in [2.75, 3.05) is 37.8 Å². The first-order valence-electron chi connectivity index (χ1n) is 9.07. The zero-order valence-corrected chi connectivity index (χ0v) is 15.6. The van der Waals surface area contributed by atoms with Crippen LogP contribution in [0.4, 0.5) is 5.69 Å². The van der Waals surface area contributed by atoms with E-state index in [2.05, 4.69) is 18.7 Å². The van der Waals surface area contributed by atoms with Crippen molar-refractivity contribution < 1.29 is 23.8 Å². The van der Waals surface area contributed by atoms with Crippen LogP contribution < -0.4 is 14.4 Å². The van der Waals surface area contributed by atoms with Gasteiger partial charge in [0.15, 0.2) is 23.9 Å². The van der Waals surface area contributed by atoms with Crippen molar-refractivity contribution in [3.05, 3.63) is 53.6 Å². The topological polar surface area (TPSA) is 65.1 Å². The van der Waals surface area contributed by atoms with Crippen LogP contribution in [0.3, 0.4) is 0 Å². The van der Waals surface area contributed by atoms with Crippen LogP contribution in [0.15, 0.2) is 42.5 Å². The van der Waals surface area contributed by atoms with E-state index in [0.717, 1.165) is 18.8 Å². The average molecular weight is 369 g/mol. The van der Waals surface area contributed by atoms with E-state index in [4.69, 9.17) is 14.2 Å². The minimum Gasteiger partial charge on any atom is -0.486 e. The first-order chi connectivity index (χ1) is 13.1. The fraction of sp³-hybridized carbons (Fsp3) is 0.333. The van der Waals surface area contributed by atoms with E-state index in [1.807, 2.05) is 12.1 Å². The number of hydrogen-bond donors (Lipinski definition) is 0. The molecule has 0 unspecified atom stereocenters. The third kappa shape index (κ3) is 4.39. The zero-order chi connectivity index (χ0) is 19.2. The highest BCUT2D eigenvalue weighted by molar-refractivity contribution is 5.99. The lowest BCUT2D eigenvalue weighted by molar-refractivity contribution is 0.0474. The van der Waals surface area contributed by atoms with E-state index in [1.165, 1.54) is 0 Å². The summed E-state index contributed by atoms with van der Waals surface area (Å²) in [5.74, 6) is 0.334. The zero-order valence-electron chi connectivity index (χ0n) is 15.6. The van der Waals surface area contributed by atoms with Crippen molar-refractivity contribution >= 4 is 17.4 Å². The van der Waals surface area contributed by atoms with Crippen molar-refractivity contribution in [3.63, 3.8) is 0 Å². The molecule has 0 atom stereocenters. The Morgan fingerprint density at radius 1 is 0.926 bits per heavy atom. The smallest absolute Gasteiger partial charge is 0.338 e. The van der Waals surface area contributed by atoms with Gasteiger partial charge in [0, 0.05) is 24.3 Å². The first-order valence-corrected chi connectivity index (χ1v) is 9.07. The SMILES string of the molecule is CCN(CC)c1ccc(C(=O)OCC(=O)c2ccc3c(c2)OCCO3)cc1. The average Bonchev–Trinajstić information content (AvgIpc) is 2.72. The molecule has 0 aromatic heterocycles. The van der Waals surface area contributed by atoms with Gasteiger partial charge in [-0.1, -0.05) is 0 Å². The predicted molar refractivity (Wildman–Crippen MR) is 102 cm³/mol. The number of anilines is 1. The van der Waals surface area contributed by atoms with Crippen molar-refractivity contribution in [1.29, 1.82) is 0 Å². The summed E-state index contributed by atoms with van der Waals surface area (Å²) in [5, 5.41) is 0. The molecule has 1 heterocycles. The van der Waals surface area contributed by atoms with Crippen LogP contribution in [0.1, 0.15) is 34.6 Å². The number of carbonyl (C=O) groups excluding carboxylic acids is 2. The van der Waals surface area contributed by atoms with Crippen molar-refractivity contribution in [1.82, 2.24) is 0 Å². The molecule has 1 aliphatic heterocycles. The summed E-state index contributed by atoms with van der Waals surface area (Å²) in [7, 11) is 0. The van der Waals surface area contributed by atoms with Crippen molar-refractivity contribution in [2.24, 2.45) is 0 Å². The fourth-order valence-electron chi connectivity index (χ4n) is 2.91. The molecule has 2 aromatic rings. The second kappa shape index (κ2) is 8.58. The van der Waals surface area contributed by atoms with Crippen molar-refractivity contribution in [3.8, 4) is 11.5 Å². The van der Waals surface area contributed by atoms with E-state index < -0.39 is 5.97 Å². The number of ether oxygens (including phenoxy) is 3. The maximum Gasteiger partial charge on any atom is 0.338 e. The summed E-state index contributed by atoms with van der Waals surface area (Å²) in [4.78, 5) is 26.7. The van der Waals surface area contributed by atoms with Crippen LogP contribution in [0.2, 0.25) is 0 Å². The number of fused-ring (bicyclic) bond motifs is 1. The van der Waals surface area contributed by atoms with Gasteiger partial charge < -0.3 is 19.1 Å². The Morgan fingerprint density at radius 2 is 1.56 bits per heavy atom. The molecule has 27 heavy (non-hydrogen) atoms. The molecule has 142 valence electrons. The Morgan fingerprint density at radius 3 is 2.22 bits per heavy atom. The van der Waals surface area contributed by atoms with Crippen LogP contribution >= 0.6 is 0 Å². The molecule has 0 bridgehead atoms. The fourth-order valence-corrected chi connectivity index (χ4v) is 2.91. The standard InChI is InChI=1S/C21H23NO5/c1-3-22(4-2)17-8-5-15(6-9-17)21(24)27-14-18(23)16-7-10-19-20(13-16)26-12-11-25-19/h5-10,13H,3-4,11-12,14H2,1-2H3. The van der Waals surface area contributed by atoms with Gasteiger partial charge in [0.05, 0.1) is 5.56 Å². The van der Waals surface area contributed by atoms with Crippen LogP contribution in [-0.4, -0.2) is 44.7 Å². The molecule has 0 spiro atoms. The Balaban J connectivity index is 1.59. The van der Waals surface area contributed by atoms with Crippen LogP contribution in [0.25, 0.3) is 0 Å². The highest BCUT2D eigenvalue weighted by Crippen LogP contribution is 2.30. The number of Topliss-reactive ketones (excluding diaryl/α,β-unsaturated/α-hetero) is 1. The van der Waals surface area contributed by atoms with Crippen molar-refractivity contribution in [2.45, 2.75) is 13.8 Å². The van der Waals surface area contributed by atoms with E-state index in [0.29, 0.717) is 35.8 Å². The molecular weight excluding hydrogens is 346 g/mol. The molecule has 0 fully saturated rings. The number of benzene rings is 2. The normalized spacial score (nSPS) is 12.4. The van der Waals surface area contributed by atoms with Gasteiger partial charge in [0.25, 0.3) is 0 Å². The largest absolute Gasteiger partial charge is 0.486 e. The second-order valence-electron chi connectivity index (χ2n) is 6.08. The van der Waals surface area contributed by atoms with Gasteiger partial charge >= 0.3 is 5.97 Å². The van der Waals surface area contributed by atoms with Gasteiger partial charge in [-0.25, -0.2) is 4.79 Å². The predicted octanol–water partition coefficient (Wildman–Crippen LogP) is 3.34. The molecule has 6 nitrogen and oxygen atoms in total. The van der Waals surface area contributed by atoms with Gasteiger partial charge in [-0.3, -0.25) is 4.79 Å². The quantitative estimate of drug-likeness (QED) is 0.551. The van der Waals surface area contributed by atoms with Crippen LogP contribution in [0.5, 0.6) is 11.5 Å². The molecule has 1 aliphatic rings. The van der Waals surface area contributed by atoms with E-state index >= 15 is 0 Å². The number of nitrogens with zero attached hydrogens (tertiary/aromatic N) is 1. The molecule has 3 rings (SSSR count). The summed E-state index contributed by atoms with van der Waals surface area (Å²) in [6.45, 7) is 6.56. The number of hydrogen-bond acceptors (Lipinski definition) is 6. The number of ketones is 1. The highest BCUT2D eigenvalue weighted by Gasteiger charge is 2.17. The summed E-state index contributed by atoms with van der Waals surface area (Å²) >= 11 is 0. The number of rotatable bonds is 7. The van der Waals surface area contributed by atoms with Gasteiger partial charge in [-0.05, 0) is 56.3 Å². The summed E-state index contributed by atoms with van der Waals surface area (Å²) in [5.41, 5.74) is 1.88. The Bertz CT molecular complexity index is 812. The van der Waals surface area contributed by atoms with Crippen LogP contribution in [-0.2, 0) is 4.74 Å².